The Hall–Kier alpha value is -1.06. The maximum Gasteiger partial charge on any atom is 0.124 e. The Labute approximate surface area is 103 Å². The van der Waals surface area contributed by atoms with Crippen LogP contribution >= 0.6 is 0 Å². The van der Waals surface area contributed by atoms with E-state index in [0.29, 0.717) is 6.61 Å². The molecule has 0 amide bonds. The van der Waals surface area contributed by atoms with E-state index in [2.05, 4.69) is 18.3 Å². The third-order valence-corrected chi connectivity index (χ3v) is 3.55. The lowest BCUT2D eigenvalue weighted by Gasteiger charge is -2.29. The maximum atomic E-state index is 5.51. The van der Waals surface area contributed by atoms with Gasteiger partial charge in [-0.2, -0.15) is 0 Å². The average molecular weight is 235 g/mol. The van der Waals surface area contributed by atoms with Crippen LogP contribution in [-0.2, 0) is 16.9 Å². The van der Waals surface area contributed by atoms with Crippen molar-refractivity contribution in [3.63, 3.8) is 0 Å². The van der Waals surface area contributed by atoms with Crippen molar-refractivity contribution in [2.75, 3.05) is 20.8 Å². The van der Waals surface area contributed by atoms with Gasteiger partial charge in [-0.15, -0.1) is 0 Å². The summed E-state index contributed by atoms with van der Waals surface area (Å²) in [6.45, 7) is 3.95. The van der Waals surface area contributed by atoms with Gasteiger partial charge in [0.1, 0.15) is 5.75 Å². The zero-order valence-corrected chi connectivity index (χ0v) is 10.9. The number of ether oxygens (including phenoxy) is 2. The predicted molar refractivity (Wildman–Crippen MR) is 68.3 cm³/mol. The van der Waals surface area contributed by atoms with Gasteiger partial charge >= 0.3 is 0 Å². The first-order chi connectivity index (χ1) is 8.21. The zero-order valence-electron chi connectivity index (χ0n) is 10.9. The molecule has 1 aromatic carbocycles. The van der Waals surface area contributed by atoms with Crippen molar-refractivity contribution in [2.45, 2.75) is 31.9 Å². The lowest BCUT2D eigenvalue weighted by Crippen LogP contribution is -2.34. The fraction of sp³-hybridized carbons (Fsp3) is 0.571. The zero-order chi connectivity index (χ0) is 12.3. The molecule has 1 fully saturated rings. The number of rotatable bonds is 4. The highest BCUT2D eigenvalue weighted by atomic mass is 16.5. The molecule has 1 aliphatic rings. The van der Waals surface area contributed by atoms with Gasteiger partial charge in [-0.3, -0.25) is 0 Å². The smallest absolute Gasteiger partial charge is 0.124 e. The van der Waals surface area contributed by atoms with Gasteiger partial charge in [0.25, 0.3) is 0 Å². The molecule has 0 saturated carbocycles. The quantitative estimate of drug-likeness (QED) is 0.869. The van der Waals surface area contributed by atoms with E-state index in [1.165, 1.54) is 17.5 Å². The molecule has 1 saturated heterocycles. The van der Waals surface area contributed by atoms with Crippen LogP contribution in [0.25, 0.3) is 0 Å². The van der Waals surface area contributed by atoms with E-state index in [1.54, 1.807) is 14.2 Å². The molecule has 2 rings (SSSR count). The molecule has 3 nitrogen and oxygen atoms in total. The Balaban J connectivity index is 2.47. The Morgan fingerprint density at radius 2 is 2.18 bits per heavy atom. The second-order valence-electron chi connectivity index (χ2n) is 4.79. The van der Waals surface area contributed by atoms with Gasteiger partial charge in [0.15, 0.2) is 0 Å². The molecule has 1 atom stereocenters. The minimum atomic E-state index is 0.0144. The molecule has 1 aromatic rings. The van der Waals surface area contributed by atoms with Gasteiger partial charge in [0, 0.05) is 18.2 Å². The topological polar surface area (TPSA) is 30.5 Å². The third-order valence-electron chi connectivity index (χ3n) is 3.55. The third kappa shape index (κ3) is 2.31. The number of benzene rings is 1. The number of hydrogen-bond acceptors (Lipinski definition) is 3. The molecule has 94 valence electrons. The molecular formula is C14H21NO2. The summed E-state index contributed by atoms with van der Waals surface area (Å²) in [5.74, 6) is 0.955. The van der Waals surface area contributed by atoms with E-state index in [1.807, 2.05) is 12.1 Å². The Kier molecular flexibility index (Phi) is 3.69. The molecule has 17 heavy (non-hydrogen) atoms. The van der Waals surface area contributed by atoms with Crippen molar-refractivity contribution in [1.82, 2.24) is 5.32 Å². The Morgan fingerprint density at radius 1 is 1.35 bits per heavy atom. The van der Waals surface area contributed by atoms with Gasteiger partial charge in [-0.05, 0) is 37.9 Å². The van der Waals surface area contributed by atoms with Crippen LogP contribution in [0.4, 0.5) is 0 Å². The van der Waals surface area contributed by atoms with E-state index in [0.717, 1.165) is 18.7 Å². The fourth-order valence-electron chi connectivity index (χ4n) is 2.76. The lowest BCUT2D eigenvalue weighted by atomic mass is 9.86. The summed E-state index contributed by atoms with van der Waals surface area (Å²) in [6, 6.07) is 6.17. The van der Waals surface area contributed by atoms with E-state index in [9.17, 15) is 0 Å². The molecule has 1 aliphatic heterocycles. The molecule has 0 radical (unpaired) electrons. The average Bonchev–Trinajstić information content (AvgIpc) is 2.77. The SMILES string of the molecule is COCc1cccc(OC)c1C1(C)CCCN1. The Morgan fingerprint density at radius 3 is 2.76 bits per heavy atom. The van der Waals surface area contributed by atoms with E-state index in [-0.39, 0.29) is 5.54 Å². The normalized spacial score (nSPS) is 23.9. The highest BCUT2D eigenvalue weighted by molar-refractivity contribution is 5.45. The number of hydrogen-bond donors (Lipinski definition) is 1. The summed E-state index contributed by atoms with van der Waals surface area (Å²) in [4.78, 5) is 0. The van der Waals surface area contributed by atoms with Crippen molar-refractivity contribution in [3.05, 3.63) is 29.3 Å². The molecule has 0 aromatic heterocycles. The first-order valence-electron chi connectivity index (χ1n) is 6.11. The van der Waals surface area contributed by atoms with E-state index in [4.69, 9.17) is 9.47 Å². The molecule has 1 N–H and O–H groups in total. The van der Waals surface area contributed by atoms with Crippen LogP contribution in [0.1, 0.15) is 30.9 Å². The van der Waals surface area contributed by atoms with Crippen molar-refractivity contribution >= 4 is 0 Å². The highest BCUT2D eigenvalue weighted by Gasteiger charge is 2.34. The van der Waals surface area contributed by atoms with Crippen molar-refractivity contribution in [1.29, 1.82) is 0 Å². The summed E-state index contributed by atoms with van der Waals surface area (Å²) >= 11 is 0. The van der Waals surface area contributed by atoms with Crippen LogP contribution in [0.2, 0.25) is 0 Å². The van der Waals surface area contributed by atoms with E-state index < -0.39 is 0 Å². The molecule has 1 heterocycles. The first-order valence-corrected chi connectivity index (χ1v) is 6.11. The molecule has 0 spiro atoms. The number of nitrogens with one attached hydrogen (secondary N) is 1. The van der Waals surface area contributed by atoms with Gasteiger partial charge in [-0.25, -0.2) is 0 Å². The van der Waals surface area contributed by atoms with Crippen LogP contribution in [0.3, 0.4) is 0 Å². The second kappa shape index (κ2) is 5.07. The van der Waals surface area contributed by atoms with E-state index >= 15 is 0 Å². The highest BCUT2D eigenvalue weighted by Crippen LogP contribution is 2.38. The van der Waals surface area contributed by atoms with Crippen LogP contribution in [0.5, 0.6) is 5.75 Å². The monoisotopic (exact) mass is 235 g/mol. The van der Waals surface area contributed by atoms with Gasteiger partial charge < -0.3 is 14.8 Å². The minimum absolute atomic E-state index is 0.0144. The summed E-state index contributed by atoms with van der Waals surface area (Å²) in [5.41, 5.74) is 2.48. The largest absolute Gasteiger partial charge is 0.496 e. The molecule has 0 bridgehead atoms. The summed E-state index contributed by atoms with van der Waals surface area (Å²) < 4.78 is 10.8. The molecule has 3 heteroatoms. The van der Waals surface area contributed by atoms with Gasteiger partial charge in [0.05, 0.1) is 13.7 Å². The van der Waals surface area contributed by atoms with Crippen LogP contribution in [-0.4, -0.2) is 20.8 Å². The lowest BCUT2D eigenvalue weighted by molar-refractivity contribution is 0.181. The summed E-state index contributed by atoms with van der Waals surface area (Å²) in [6.07, 6.45) is 2.35. The molecule has 1 unspecified atom stereocenters. The van der Waals surface area contributed by atoms with Crippen molar-refractivity contribution < 1.29 is 9.47 Å². The molecule has 0 aliphatic carbocycles. The van der Waals surface area contributed by atoms with Gasteiger partial charge in [-0.1, -0.05) is 12.1 Å². The van der Waals surface area contributed by atoms with Crippen LogP contribution in [0, 0.1) is 0 Å². The van der Waals surface area contributed by atoms with Gasteiger partial charge in [0.2, 0.25) is 0 Å². The maximum absolute atomic E-state index is 5.51. The van der Waals surface area contributed by atoms with Crippen molar-refractivity contribution in [2.24, 2.45) is 0 Å². The minimum Gasteiger partial charge on any atom is -0.496 e. The first kappa shape index (κ1) is 12.4. The standard InChI is InChI=1S/C14H21NO2/c1-14(8-5-9-15-14)13-11(10-16-2)6-4-7-12(13)17-3/h4,6-7,15H,5,8-10H2,1-3H3. The second-order valence-corrected chi connectivity index (χ2v) is 4.79. The Bertz CT molecular complexity index is 384. The fourth-order valence-corrected chi connectivity index (χ4v) is 2.76. The summed E-state index contributed by atoms with van der Waals surface area (Å²) in [5, 5.41) is 3.59. The van der Waals surface area contributed by atoms with Crippen LogP contribution < -0.4 is 10.1 Å². The predicted octanol–water partition coefficient (Wildman–Crippen LogP) is 2.44. The molecular weight excluding hydrogens is 214 g/mol. The summed E-state index contributed by atoms with van der Waals surface area (Å²) in [7, 11) is 3.46. The number of methoxy groups -OCH3 is 2. The van der Waals surface area contributed by atoms with Crippen LogP contribution in [0.15, 0.2) is 18.2 Å². The van der Waals surface area contributed by atoms with Crippen molar-refractivity contribution in [3.8, 4) is 5.75 Å².